The Morgan fingerprint density at radius 3 is 2.37 bits per heavy atom. The lowest BCUT2D eigenvalue weighted by molar-refractivity contribution is -0.140. The van der Waals surface area contributed by atoms with Gasteiger partial charge in [0.15, 0.2) is 0 Å². The SMILES string of the molecule is Cc1ccc(C)c(NC(=O)[C@H]2[C@@H](C(=O)O)C2(C)C)c1. The zero-order valence-corrected chi connectivity index (χ0v) is 11.7. The zero-order chi connectivity index (χ0) is 14.4. The summed E-state index contributed by atoms with van der Waals surface area (Å²) in [4.78, 5) is 23.3. The highest BCUT2D eigenvalue weighted by Crippen LogP contribution is 2.58. The molecular formula is C15H19NO3. The molecule has 19 heavy (non-hydrogen) atoms. The Morgan fingerprint density at radius 2 is 1.84 bits per heavy atom. The average molecular weight is 261 g/mol. The number of benzene rings is 1. The van der Waals surface area contributed by atoms with E-state index in [2.05, 4.69) is 5.32 Å². The maximum Gasteiger partial charge on any atom is 0.307 e. The molecule has 0 spiro atoms. The summed E-state index contributed by atoms with van der Waals surface area (Å²) in [7, 11) is 0. The van der Waals surface area contributed by atoms with E-state index < -0.39 is 23.2 Å². The highest BCUT2D eigenvalue weighted by Gasteiger charge is 2.65. The molecule has 4 heteroatoms. The standard InChI is InChI=1S/C15H19NO3/c1-8-5-6-9(2)10(7-8)16-13(17)11-12(14(18)19)15(11,3)4/h5-7,11-12H,1-4H3,(H,16,17)(H,18,19)/t11-,12+/m1/s1. The van der Waals surface area contributed by atoms with Crippen LogP contribution in [0.4, 0.5) is 5.69 Å². The molecule has 1 saturated carbocycles. The van der Waals surface area contributed by atoms with Crippen molar-refractivity contribution in [3.05, 3.63) is 29.3 Å². The van der Waals surface area contributed by atoms with Crippen molar-refractivity contribution in [2.45, 2.75) is 27.7 Å². The second-order valence-electron chi connectivity index (χ2n) is 5.92. The summed E-state index contributed by atoms with van der Waals surface area (Å²) >= 11 is 0. The van der Waals surface area contributed by atoms with Crippen molar-refractivity contribution in [2.75, 3.05) is 5.32 Å². The number of carbonyl (C=O) groups excluding carboxylic acids is 1. The van der Waals surface area contributed by atoms with Gasteiger partial charge in [-0.15, -0.1) is 0 Å². The molecule has 1 fully saturated rings. The number of anilines is 1. The summed E-state index contributed by atoms with van der Waals surface area (Å²) in [5.74, 6) is -2.14. The van der Waals surface area contributed by atoms with Crippen LogP contribution in [-0.4, -0.2) is 17.0 Å². The summed E-state index contributed by atoms with van der Waals surface area (Å²) in [5.41, 5.74) is 2.33. The molecule has 1 aliphatic rings. The molecule has 1 aliphatic carbocycles. The van der Waals surface area contributed by atoms with E-state index >= 15 is 0 Å². The van der Waals surface area contributed by atoms with Crippen molar-refractivity contribution < 1.29 is 14.7 Å². The topological polar surface area (TPSA) is 66.4 Å². The van der Waals surface area contributed by atoms with Crippen LogP contribution < -0.4 is 5.32 Å². The van der Waals surface area contributed by atoms with Crippen LogP contribution in [0.25, 0.3) is 0 Å². The Balaban J connectivity index is 2.15. The summed E-state index contributed by atoms with van der Waals surface area (Å²) in [5, 5.41) is 11.9. The lowest BCUT2D eigenvalue weighted by Gasteiger charge is -2.10. The van der Waals surface area contributed by atoms with Gasteiger partial charge in [-0.1, -0.05) is 26.0 Å². The van der Waals surface area contributed by atoms with Crippen LogP contribution in [0.1, 0.15) is 25.0 Å². The highest BCUT2D eigenvalue weighted by molar-refractivity contribution is 6.00. The van der Waals surface area contributed by atoms with E-state index in [1.807, 2.05) is 45.9 Å². The van der Waals surface area contributed by atoms with Gasteiger partial charge in [0.25, 0.3) is 0 Å². The van der Waals surface area contributed by atoms with Crippen LogP contribution in [0.3, 0.4) is 0 Å². The number of carboxylic acid groups (broad SMARTS) is 1. The van der Waals surface area contributed by atoms with Gasteiger partial charge in [-0.25, -0.2) is 0 Å². The van der Waals surface area contributed by atoms with Gasteiger partial charge in [-0.3, -0.25) is 9.59 Å². The number of carbonyl (C=O) groups is 2. The summed E-state index contributed by atoms with van der Waals surface area (Å²) < 4.78 is 0. The molecule has 2 N–H and O–H groups in total. The summed E-state index contributed by atoms with van der Waals surface area (Å²) in [6.45, 7) is 7.51. The summed E-state index contributed by atoms with van der Waals surface area (Å²) in [6, 6.07) is 5.82. The van der Waals surface area contributed by atoms with Crippen LogP contribution in [0, 0.1) is 31.1 Å². The van der Waals surface area contributed by atoms with Gasteiger partial charge in [0.1, 0.15) is 0 Å². The van der Waals surface area contributed by atoms with Crippen LogP contribution in [0.15, 0.2) is 18.2 Å². The fourth-order valence-corrected chi connectivity index (χ4v) is 2.67. The maximum atomic E-state index is 12.2. The summed E-state index contributed by atoms with van der Waals surface area (Å²) in [6.07, 6.45) is 0. The number of aryl methyl sites for hydroxylation is 2. The van der Waals surface area contributed by atoms with Crippen molar-refractivity contribution in [1.29, 1.82) is 0 Å². The predicted molar refractivity (Wildman–Crippen MR) is 72.9 cm³/mol. The molecule has 0 aromatic heterocycles. The Morgan fingerprint density at radius 1 is 1.21 bits per heavy atom. The van der Waals surface area contributed by atoms with Crippen molar-refractivity contribution >= 4 is 17.6 Å². The Kier molecular flexibility index (Phi) is 3.12. The number of carboxylic acids is 1. The Bertz CT molecular complexity index is 548. The van der Waals surface area contributed by atoms with Gasteiger partial charge < -0.3 is 10.4 Å². The average Bonchev–Trinajstić information content (AvgIpc) is 2.87. The van der Waals surface area contributed by atoms with Gasteiger partial charge in [0.2, 0.25) is 5.91 Å². The second kappa shape index (κ2) is 4.37. The van der Waals surface area contributed by atoms with Gasteiger partial charge in [-0.2, -0.15) is 0 Å². The number of nitrogens with one attached hydrogen (secondary N) is 1. The van der Waals surface area contributed by atoms with E-state index in [1.165, 1.54) is 0 Å². The van der Waals surface area contributed by atoms with Crippen molar-refractivity contribution in [2.24, 2.45) is 17.3 Å². The molecule has 4 nitrogen and oxygen atoms in total. The third kappa shape index (κ3) is 2.35. The molecule has 0 bridgehead atoms. The minimum Gasteiger partial charge on any atom is -0.481 e. The van der Waals surface area contributed by atoms with Gasteiger partial charge >= 0.3 is 5.97 Å². The molecule has 0 heterocycles. The molecule has 2 rings (SSSR count). The smallest absolute Gasteiger partial charge is 0.307 e. The van der Waals surface area contributed by atoms with E-state index in [0.29, 0.717) is 0 Å². The number of rotatable bonds is 3. The molecule has 1 aromatic carbocycles. The number of hydrogen-bond acceptors (Lipinski definition) is 2. The van der Waals surface area contributed by atoms with E-state index in [0.717, 1.165) is 16.8 Å². The van der Waals surface area contributed by atoms with E-state index in [1.54, 1.807) is 0 Å². The second-order valence-corrected chi connectivity index (χ2v) is 5.92. The van der Waals surface area contributed by atoms with Gasteiger partial charge in [-0.05, 0) is 36.5 Å². The van der Waals surface area contributed by atoms with E-state index in [9.17, 15) is 9.59 Å². The van der Waals surface area contributed by atoms with Crippen LogP contribution >= 0.6 is 0 Å². The van der Waals surface area contributed by atoms with E-state index in [-0.39, 0.29) is 5.91 Å². The molecule has 1 aromatic rings. The minimum atomic E-state index is -0.897. The monoisotopic (exact) mass is 261 g/mol. The lowest BCUT2D eigenvalue weighted by atomic mass is 10.1. The van der Waals surface area contributed by atoms with Crippen LogP contribution in [0.2, 0.25) is 0 Å². The first-order chi connectivity index (χ1) is 8.75. The van der Waals surface area contributed by atoms with Crippen LogP contribution in [-0.2, 0) is 9.59 Å². The lowest BCUT2D eigenvalue weighted by Crippen LogP contribution is -2.18. The molecule has 2 atom stereocenters. The molecule has 1 amide bonds. The predicted octanol–water partition coefficient (Wildman–Crippen LogP) is 2.60. The first-order valence-electron chi connectivity index (χ1n) is 6.36. The third-order valence-corrected chi connectivity index (χ3v) is 4.03. The number of hydrogen-bond donors (Lipinski definition) is 2. The maximum absolute atomic E-state index is 12.2. The van der Waals surface area contributed by atoms with Crippen molar-refractivity contribution in [3.8, 4) is 0 Å². The molecule has 102 valence electrons. The Labute approximate surface area is 112 Å². The van der Waals surface area contributed by atoms with Crippen molar-refractivity contribution in [3.63, 3.8) is 0 Å². The van der Waals surface area contributed by atoms with Crippen LogP contribution in [0.5, 0.6) is 0 Å². The normalized spacial score (nSPS) is 23.8. The first-order valence-corrected chi connectivity index (χ1v) is 6.36. The number of aliphatic carboxylic acids is 1. The fraction of sp³-hybridized carbons (Fsp3) is 0.467. The molecule has 0 saturated heterocycles. The minimum absolute atomic E-state index is 0.203. The molecule has 0 radical (unpaired) electrons. The van der Waals surface area contributed by atoms with Gasteiger partial charge in [0, 0.05) is 5.69 Å². The molecule has 0 aliphatic heterocycles. The van der Waals surface area contributed by atoms with E-state index in [4.69, 9.17) is 5.11 Å². The Hall–Kier alpha value is -1.84. The molecular weight excluding hydrogens is 242 g/mol. The highest BCUT2D eigenvalue weighted by atomic mass is 16.4. The molecule has 0 unspecified atom stereocenters. The van der Waals surface area contributed by atoms with Gasteiger partial charge in [0.05, 0.1) is 11.8 Å². The fourth-order valence-electron chi connectivity index (χ4n) is 2.67. The zero-order valence-electron chi connectivity index (χ0n) is 11.7. The first kappa shape index (κ1) is 13.6. The quantitative estimate of drug-likeness (QED) is 0.879. The third-order valence-electron chi connectivity index (χ3n) is 4.03. The number of amides is 1. The van der Waals surface area contributed by atoms with Crippen molar-refractivity contribution in [1.82, 2.24) is 0 Å². The largest absolute Gasteiger partial charge is 0.481 e.